The van der Waals surface area contributed by atoms with Gasteiger partial charge in [-0.05, 0) is 24.3 Å². The van der Waals surface area contributed by atoms with Crippen molar-refractivity contribution in [2.24, 2.45) is 0 Å². The second-order valence-electron chi connectivity index (χ2n) is 3.92. The molecule has 0 aliphatic heterocycles. The number of methoxy groups -OCH3 is 1. The molecule has 0 bridgehead atoms. The van der Waals surface area contributed by atoms with E-state index in [0.717, 1.165) is 0 Å². The van der Waals surface area contributed by atoms with Crippen LogP contribution in [0.1, 0.15) is 12.8 Å². The molecule has 1 aromatic carbocycles. The SMILES string of the molecule is COC(=O)CCC(=O)NNC(=O)COc1ccc(Cl)cc1. The number of hydrazine groups is 1. The molecule has 0 aliphatic carbocycles. The van der Waals surface area contributed by atoms with Crippen molar-refractivity contribution in [3.8, 4) is 5.75 Å². The first-order chi connectivity index (χ1) is 10.0. The van der Waals surface area contributed by atoms with Gasteiger partial charge in [0.15, 0.2) is 6.61 Å². The molecular formula is C13H15ClN2O5. The highest BCUT2D eigenvalue weighted by Crippen LogP contribution is 2.15. The third-order valence-corrected chi connectivity index (χ3v) is 2.56. The number of rotatable bonds is 6. The van der Waals surface area contributed by atoms with E-state index in [4.69, 9.17) is 16.3 Å². The second kappa shape index (κ2) is 8.80. The molecule has 0 saturated heterocycles. The minimum Gasteiger partial charge on any atom is -0.484 e. The molecule has 0 heterocycles. The Morgan fingerprint density at radius 3 is 2.29 bits per heavy atom. The van der Waals surface area contributed by atoms with Gasteiger partial charge in [0, 0.05) is 11.4 Å². The molecule has 21 heavy (non-hydrogen) atoms. The van der Waals surface area contributed by atoms with Crippen LogP contribution in [0.3, 0.4) is 0 Å². The van der Waals surface area contributed by atoms with Crippen LogP contribution in [0.25, 0.3) is 0 Å². The molecule has 2 N–H and O–H groups in total. The number of ether oxygens (including phenoxy) is 2. The lowest BCUT2D eigenvalue weighted by atomic mass is 10.3. The Balaban J connectivity index is 2.20. The van der Waals surface area contributed by atoms with Crippen LogP contribution < -0.4 is 15.6 Å². The lowest BCUT2D eigenvalue weighted by molar-refractivity contribution is -0.142. The van der Waals surface area contributed by atoms with E-state index in [2.05, 4.69) is 15.6 Å². The Hall–Kier alpha value is -2.28. The molecule has 2 amide bonds. The standard InChI is InChI=1S/C13H15ClN2O5/c1-20-13(19)7-6-11(17)15-16-12(18)8-21-10-4-2-9(14)3-5-10/h2-5H,6-8H2,1H3,(H,15,17)(H,16,18). The van der Waals surface area contributed by atoms with Crippen LogP contribution in [0.4, 0.5) is 0 Å². The maximum atomic E-state index is 11.4. The van der Waals surface area contributed by atoms with E-state index >= 15 is 0 Å². The Kier molecular flexibility index (Phi) is 7.03. The molecular weight excluding hydrogens is 300 g/mol. The molecule has 0 aliphatic rings. The Bertz CT molecular complexity index is 504. The van der Waals surface area contributed by atoms with Gasteiger partial charge in [-0.2, -0.15) is 0 Å². The fraction of sp³-hybridized carbons (Fsp3) is 0.308. The maximum absolute atomic E-state index is 11.4. The number of halogens is 1. The van der Waals surface area contributed by atoms with Gasteiger partial charge < -0.3 is 9.47 Å². The van der Waals surface area contributed by atoms with E-state index in [9.17, 15) is 14.4 Å². The van der Waals surface area contributed by atoms with Crippen LogP contribution in [-0.4, -0.2) is 31.5 Å². The topological polar surface area (TPSA) is 93.7 Å². The first kappa shape index (κ1) is 16.8. The zero-order valence-electron chi connectivity index (χ0n) is 11.3. The summed E-state index contributed by atoms with van der Waals surface area (Å²) >= 11 is 5.71. The number of esters is 1. The predicted octanol–water partition coefficient (Wildman–Crippen LogP) is 0.819. The van der Waals surface area contributed by atoms with Gasteiger partial charge in [-0.1, -0.05) is 11.6 Å². The fourth-order valence-electron chi connectivity index (χ4n) is 1.24. The van der Waals surface area contributed by atoms with Crippen molar-refractivity contribution in [3.63, 3.8) is 0 Å². The van der Waals surface area contributed by atoms with Crippen LogP contribution in [0.2, 0.25) is 5.02 Å². The minimum atomic E-state index is -0.531. The molecule has 8 heteroatoms. The molecule has 7 nitrogen and oxygen atoms in total. The highest BCUT2D eigenvalue weighted by Gasteiger charge is 2.08. The van der Waals surface area contributed by atoms with Crippen molar-refractivity contribution in [1.29, 1.82) is 0 Å². The normalized spacial score (nSPS) is 9.62. The molecule has 0 fully saturated rings. The summed E-state index contributed by atoms with van der Waals surface area (Å²) in [4.78, 5) is 33.5. The van der Waals surface area contributed by atoms with Gasteiger partial charge in [0.1, 0.15) is 5.75 Å². The van der Waals surface area contributed by atoms with Gasteiger partial charge in [0.05, 0.1) is 13.5 Å². The van der Waals surface area contributed by atoms with Gasteiger partial charge >= 0.3 is 5.97 Å². The van der Waals surface area contributed by atoms with Crippen molar-refractivity contribution in [1.82, 2.24) is 10.9 Å². The van der Waals surface area contributed by atoms with Crippen LogP contribution in [0.5, 0.6) is 5.75 Å². The number of nitrogens with one attached hydrogen (secondary N) is 2. The van der Waals surface area contributed by atoms with E-state index in [1.165, 1.54) is 7.11 Å². The van der Waals surface area contributed by atoms with Crippen molar-refractivity contribution in [2.75, 3.05) is 13.7 Å². The summed E-state index contributed by atoms with van der Waals surface area (Å²) in [5.41, 5.74) is 4.32. The average Bonchev–Trinajstić information content (AvgIpc) is 2.49. The van der Waals surface area contributed by atoms with Gasteiger partial charge in [0.25, 0.3) is 5.91 Å². The number of amides is 2. The first-order valence-electron chi connectivity index (χ1n) is 6.04. The second-order valence-corrected chi connectivity index (χ2v) is 4.35. The summed E-state index contributed by atoms with van der Waals surface area (Å²) in [6.45, 7) is -0.265. The molecule has 114 valence electrons. The number of hydrogen-bond donors (Lipinski definition) is 2. The number of hydrogen-bond acceptors (Lipinski definition) is 5. The summed E-state index contributed by atoms with van der Waals surface area (Å²) in [5.74, 6) is -1.05. The lowest BCUT2D eigenvalue weighted by Gasteiger charge is -2.08. The maximum Gasteiger partial charge on any atom is 0.306 e. The molecule has 0 unspecified atom stereocenters. The van der Waals surface area contributed by atoms with E-state index < -0.39 is 17.8 Å². The number of benzene rings is 1. The molecule has 1 aromatic rings. The highest BCUT2D eigenvalue weighted by molar-refractivity contribution is 6.30. The van der Waals surface area contributed by atoms with Crippen LogP contribution in [0, 0.1) is 0 Å². The molecule has 0 atom stereocenters. The Morgan fingerprint density at radius 1 is 1.05 bits per heavy atom. The van der Waals surface area contributed by atoms with E-state index in [1.54, 1.807) is 24.3 Å². The summed E-state index contributed by atoms with van der Waals surface area (Å²) in [6.07, 6.45) is -0.134. The highest BCUT2D eigenvalue weighted by atomic mass is 35.5. The first-order valence-corrected chi connectivity index (χ1v) is 6.42. The summed E-state index contributed by atoms with van der Waals surface area (Å²) < 4.78 is 9.56. The summed E-state index contributed by atoms with van der Waals surface area (Å²) in [6, 6.07) is 6.49. The monoisotopic (exact) mass is 314 g/mol. The van der Waals surface area contributed by atoms with Crippen LogP contribution >= 0.6 is 11.6 Å². The Morgan fingerprint density at radius 2 is 1.67 bits per heavy atom. The van der Waals surface area contributed by atoms with Crippen LogP contribution in [-0.2, 0) is 19.1 Å². The predicted molar refractivity (Wildman–Crippen MR) is 74.5 cm³/mol. The number of carbonyl (C=O) groups excluding carboxylic acids is 3. The van der Waals surface area contributed by atoms with Crippen LogP contribution in [0.15, 0.2) is 24.3 Å². The van der Waals surface area contributed by atoms with Gasteiger partial charge in [-0.3, -0.25) is 25.2 Å². The Labute approximate surface area is 126 Å². The largest absolute Gasteiger partial charge is 0.484 e. The third kappa shape index (κ3) is 7.17. The molecule has 0 aromatic heterocycles. The molecule has 0 radical (unpaired) electrons. The van der Waals surface area contributed by atoms with Crippen molar-refractivity contribution < 1.29 is 23.9 Å². The van der Waals surface area contributed by atoms with Gasteiger partial charge in [-0.25, -0.2) is 0 Å². The smallest absolute Gasteiger partial charge is 0.306 e. The van der Waals surface area contributed by atoms with Gasteiger partial charge in [0.2, 0.25) is 5.91 Å². The van der Waals surface area contributed by atoms with Crippen molar-refractivity contribution in [2.45, 2.75) is 12.8 Å². The van der Waals surface area contributed by atoms with Crippen molar-refractivity contribution >= 4 is 29.4 Å². The average molecular weight is 315 g/mol. The zero-order valence-corrected chi connectivity index (χ0v) is 12.1. The summed E-state index contributed by atoms with van der Waals surface area (Å²) in [7, 11) is 1.23. The molecule has 1 rings (SSSR count). The third-order valence-electron chi connectivity index (χ3n) is 2.31. The van der Waals surface area contributed by atoms with Gasteiger partial charge in [-0.15, -0.1) is 0 Å². The summed E-state index contributed by atoms with van der Waals surface area (Å²) in [5, 5.41) is 0.560. The number of carbonyl (C=O) groups is 3. The van der Waals surface area contributed by atoms with Crippen molar-refractivity contribution in [3.05, 3.63) is 29.3 Å². The zero-order chi connectivity index (χ0) is 15.7. The quantitative estimate of drug-likeness (QED) is 0.599. The van der Waals surface area contributed by atoms with E-state index in [-0.39, 0.29) is 19.4 Å². The van der Waals surface area contributed by atoms with E-state index in [0.29, 0.717) is 10.8 Å². The minimum absolute atomic E-state index is 0.0561. The van der Waals surface area contributed by atoms with E-state index in [1.807, 2.05) is 0 Å². The lowest BCUT2D eigenvalue weighted by Crippen LogP contribution is -2.43. The molecule has 0 spiro atoms. The molecule has 0 saturated carbocycles. The fourth-order valence-corrected chi connectivity index (χ4v) is 1.36.